The molecule has 0 spiro atoms. The van der Waals surface area contributed by atoms with Crippen LogP contribution in [-0.2, 0) is 17.1 Å². The number of carbonyl (C=O) groups is 1. The minimum absolute atomic E-state index is 0.0514. The standard InChI is InChI=1S/C11H15N3O3S2/c1-4-5-19(16,17)13-10(15)9-6-8-7(2)12-14(3)11(8)18-9/h6H,4-5H2,1-3H3,(H,13,15). The molecule has 2 heterocycles. The molecule has 0 radical (unpaired) electrons. The molecule has 6 nitrogen and oxygen atoms in total. The van der Waals surface area contributed by atoms with Crippen LogP contribution in [0.25, 0.3) is 10.2 Å². The lowest BCUT2D eigenvalue weighted by molar-refractivity contribution is 0.0985. The van der Waals surface area contributed by atoms with Crippen LogP contribution in [0.2, 0.25) is 0 Å². The van der Waals surface area contributed by atoms with Gasteiger partial charge in [-0.3, -0.25) is 9.48 Å². The van der Waals surface area contributed by atoms with Crippen molar-refractivity contribution in [2.45, 2.75) is 20.3 Å². The predicted molar refractivity (Wildman–Crippen MR) is 74.9 cm³/mol. The van der Waals surface area contributed by atoms with Crippen molar-refractivity contribution in [1.29, 1.82) is 0 Å². The molecular weight excluding hydrogens is 286 g/mol. The fourth-order valence-corrected chi connectivity index (χ4v) is 3.94. The molecule has 104 valence electrons. The van der Waals surface area contributed by atoms with Crippen LogP contribution in [0.1, 0.15) is 28.7 Å². The Kier molecular flexibility index (Phi) is 3.64. The highest BCUT2D eigenvalue weighted by Crippen LogP contribution is 2.27. The van der Waals surface area contributed by atoms with E-state index in [0.29, 0.717) is 11.3 Å². The van der Waals surface area contributed by atoms with E-state index in [1.54, 1.807) is 24.7 Å². The van der Waals surface area contributed by atoms with Gasteiger partial charge in [0, 0.05) is 12.4 Å². The summed E-state index contributed by atoms with van der Waals surface area (Å²) in [6.45, 7) is 3.60. The average Bonchev–Trinajstić information content (AvgIpc) is 2.81. The second kappa shape index (κ2) is 4.93. The number of hydrogen-bond acceptors (Lipinski definition) is 5. The topological polar surface area (TPSA) is 81.1 Å². The van der Waals surface area contributed by atoms with E-state index < -0.39 is 15.9 Å². The molecule has 0 saturated carbocycles. The van der Waals surface area contributed by atoms with Crippen LogP contribution in [0.4, 0.5) is 0 Å². The maximum Gasteiger partial charge on any atom is 0.274 e. The van der Waals surface area contributed by atoms with E-state index in [2.05, 4.69) is 9.82 Å². The Morgan fingerprint density at radius 1 is 1.53 bits per heavy atom. The summed E-state index contributed by atoms with van der Waals surface area (Å²) in [5.74, 6) is -0.626. The Morgan fingerprint density at radius 3 is 2.79 bits per heavy atom. The number of sulfonamides is 1. The molecule has 1 N–H and O–H groups in total. The van der Waals surface area contributed by atoms with Gasteiger partial charge < -0.3 is 0 Å². The molecule has 2 aromatic rings. The Morgan fingerprint density at radius 2 is 2.21 bits per heavy atom. The number of aromatic nitrogens is 2. The summed E-state index contributed by atoms with van der Waals surface area (Å²) in [4.78, 5) is 13.2. The molecule has 0 aromatic carbocycles. The van der Waals surface area contributed by atoms with Crippen molar-refractivity contribution in [3.63, 3.8) is 0 Å². The SMILES string of the molecule is CCCS(=O)(=O)NC(=O)c1cc2c(C)nn(C)c2s1. The van der Waals surface area contributed by atoms with Crippen LogP contribution in [0.15, 0.2) is 6.07 Å². The number of nitrogens with one attached hydrogen (secondary N) is 1. The molecule has 0 fully saturated rings. The number of nitrogens with zero attached hydrogens (tertiary/aromatic N) is 2. The minimum atomic E-state index is -3.54. The normalized spacial score (nSPS) is 11.9. The van der Waals surface area contributed by atoms with Gasteiger partial charge >= 0.3 is 0 Å². The van der Waals surface area contributed by atoms with Gasteiger partial charge in [-0.15, -0.1) is 11.3 Å². The molecule has 1 amide bonds. The van der Waals surface area contributed by atoms with E-state index in [9.17, 15) is 13.2 Å². The number of thiophene rings is 1. The van der Waals surface area contributed by atoms with E-state index >= 15 is 0 Å². The number of rotatable bonds is 4. The highest BCUT2D eigenvalue weighted by atomic mass is 32.2. The largest absolute Gasteiger partial charge is 0.274 e. The van der Waals surface area contributed by atoms with Crippen molar-refractivity contribution < 1.29 is 13.2 Å². The van der Waals surface area contributed by atoms with Crippen molar-refractivity contribution in [3.8, 4) is 0 Å². The summed E-state index contributed by atoms with van der Waals surface area (Å²) in [7, 11) is -1.74. The van der Waals surface area contributed by atoms with Gasteiger partial charge in [-0.25, -0.2) is 13.1 Å². The summed E-state index contributed by atoms with van der Waals surface area (Å²) < 4.78 is 26.9. The highest BCUT2D eigenvalue weighted by molar-refractivity contribution is 7.90. The summed E-state index contributed by atoms with van der Waals surface area (Å²) in [6, 6.07) is 1.68. The number of hydrogen-bond donors (Lipinski definition) is 1. The Labute approximate surface area is 115 Å². The van der Waals surface area contributed by atoms with Crippen LogP contribution in [-0.4, -0.2) is 29.9 Å². The van der Waals surface area contributed by atoms with Crippen molar-refractivity contribution >= 4 is 37.5 Å². The molecule has 0 bridgehead atoms. The molecule has 0 aliphatic carbocycles. The van der Waals surface area contributed by atoms with E-state index in [-0.39, 0.29) is 5.75 Å². The summed E-state index contributed by atoms with van der Waals surface area (Å²) in [5, 5.41) is 5.11. The van der Waals surface area contributed by atoms with Crippen LogP contribution in [0, 0.1) is 6.92 Å². The molecule has 2 rings (SSSR count). The average molecular weight is 301 g/mol. The first-order valence-electron chi connectivity index (χ1n) is 5.82. The van der Waals surface area contributed by atoms with Gasteiger partial charge in [-0.1, -0.05) is 6.92 Å². The maximum absolute atomic E-state index is 11.9. The van der Waals surface area contributed by atoms with Gasteiger partial charge in [-0.05, 0) is 19.4 Å². The molecule has 0 saturated heterocycles. The maximum atomic E-state index is 11.9. The van der Waals surface area contributed by atoms with Gasteiger partial charge in [0.1, 0.15) is 4.83 Å². The van der Waals surface area contributed by atoms with Crippen molar-refractivity contribution in [3.05, 3.63) is 16.6 Å². The number of fused-ring (bicyclic) bond motifs is 1. The molecular formula is C11H15N3O3S2. The summed E-state index contributed by atoms with van der Waals surface area (Å²) in [5.41, 5.74) is 0.823. The van der Waals surface area contributed by atoms with E-state index in [0.717, 1.165) is 15.9 Å². The van der Waals surface area contributed by atoms with Gasteiger partial charge in [-0.2, -0.15) is 5.10 Å². The number of carbonyl (C=O) groups excluding carboxylic acids is 1. The van der Waals surface area contributed by atoms with Crippen LogP contribution in [0.5, 0.6) is 0 Å². The zero-order valence-corrected chi connectivity index (χ0v) is 12.6. The third kappa shape index (κ3) is 2.79. The van der Waals surface area contributed by atoms with Gasteiger partial charge in [0.2, 0.25) is 10.0 Å². The van der Waals surface area contributed by atoms with Crippen LogP contribution in [0.3, 0.4) is 0 Å². The fraction of sp³-hybridized carbons (Fsp3) is 0.455. The Bertz CT molecular complexity index is 693. The van der Waals surface area contributed by atoms with Crippen molar-refractivity contribution in [2.24, 2.45) is 7.05 Å². The zero-order valence-electron chi connectivity index (χ0n) is 10.9. The Balaban J connectivity index is 2.30. The smallest absolute Gasteiger partial charge is 0.267 e. The third-order valence-corrected chi connectivity index (χ3v) is 5.28. The van der Waals surface area contributed by atoms with Crippen LogP contribution >= 0.6 is 11.3 Å². The van der Waals surface area contributed by atoms with Crippen molar-refractivity contribution in [2.75, 3.05) is 5.75 Å². The summed E-state index contributed by atoms with van der Waals surface area (Å²) >= 11 is 1.24. The van der Waals surface area contributed by atoms with E-state index in [1.807, 2.05) is 6.92 Å². The molecule has 8 heteroatoms. The molecule has 2 aromatic heterocycles. The highest BCUT2D eigenvalue weighted by Gasteiger charge is 2.19. The summed E-state index contributed by atoms with van der Waals surface area (Å²) in [6.07, 6.45) is 0.470. The monoisotopic (exact) mass is 301 g/mol. The van der Waals surface area contributed by atoms with Gasteiger partial charge in [0.15, 0.2) is 0 Å². The molecule has 0 aliphatic heterocycles. The quantitative estimate of drug-likeness (QED) is 0.926. The van der Waals surface area contributed by atoms with Gasteiger partial charge in [0.25, 0.3) is 5.91 Å². The van der Waals surface area contributed by atoms with Crippen molar-refractivity contribution in [1.82, 2.24) is 14.5 Å². The number of amides is 1. The first kappa shape index (κ1) is 14.0. The third-order valence-electron chi connectivity index (χ3n) is 2.64. The Hall–Kier alpha value is -1.41. The lowest BCUT2D eigenvalue weighted by Crippen LogP contribution is -2.31. The van der Waals surface area contributed by atoms with Crippen LogP contribution < -0.4 is 4.72 Å². The minimum Gasteiger partial charge on any atom is -0.267 e. The lowest BCUT2D eigenvalue weighted by Gasteiger charge is -2.03. The fourth-order valence-electron chi connectivity index (χ4n) is 1.83. The number of aryl methyl sites for hydroxylation is 2. The van der Waals surface area contributed by atoms with E-state index in [4.69, 9.17) is 0 Å². The molecule has 0 aliphatic rings. The zero-order chi connectivity index (χ0) is 14.2. The first-order chi connectivity index (χ1) is 8.84. The predicted octanol–water partition coefficient (Wildman–Crippen LogP) is 1.41. The molecule has 0 unspecified atom stereocenters. The second-order valence-corrected chi connectivity index (χ2v) is 7.16. The second-order valence-electron chi connectivity index (χ2n) is 4.29. The first-order valence-corrected chi connectivity index (χ1v) is 8.29. The molecule has 19 heavy (non-hydrogen) atoms. The lowest BCUT2D eigenvalue weighted by atomic mass is 10.3. The molecule has 0 atom stereocenters. The van der Waals surface area contributed by atoms with E-state index in [1.165, 1.54) is 11.3 Å². The van der Waals surface area contributed by atoms with Gasteiger partial charge in [0.05, 0.1) is 16.3 Å².